The van der Waals surface area contributed by atoms with Gasteiger partial charge >= 0.3 is 0 Å². The molecule has 0 aliphatic heterocycles. The summed E-state index contributed by atoms with van der Waals surface area (Å²) in [5.41, 5.74) is 7.98. The number of aromatic nitrogens is 2. The highest BCUT2D eigenvalue weighted by atomic mass is 32.1. The molecule has 14 heavy (non-hydrogen) atoms. The standard InChI is InChI=1S/C10H11N3S/c1-2-7-5-3-4-6-8(7)9-12-13-10(11)14-9/h3-6H,2H2,1H3,(H2,11,13). The van der Waals surface area contributed by atoms with Crippen molar-refractivity contribution in [2.75, 3.05) is 5.73 Å². The van der Waals surface area contributed by atoms with E-state index in [1.807, 2.05) is 12.1 Å². The largest absolute Gasteiger partial charge is 0.374 e. The molecule has 0 fully saturated rings. The van der Waals surface area contributed by atoms with Crippen LogP contribution in [0.4, 0.5) is 5.13 Å². The van der Waals surface area contributed by atoms with E-state index in [9.17, 15) is 0 Å². The maximum Gasteiger partial charge on any atom is 0.203 e. The van der Waals surface area contributed by atoms with Crippen molar-refractivity contribution in [2.24, 2.45) is 0 Å². The molecule has 72 valence electrons. The average Bonchev–Trinajstić information content (AvgIpc) is 2.65. The summed E-state index contributed by atoms with van der Waals surface area (Å²) < 4.78 is 0. The molecule has 1 aromatic carbocycles. The second-order valence-corrected chi connectivity index (χ2v) is 3.97. The van der Waals surface area contributed by atoms with Crippen molar-refractivity contribution in [1.29, 1.82) is 0 Å². The average molecular weight is 205 g/mol. The molecular formula is C10H11N3S. The summed E-state index contributed by atoms with van der Waals surface area (Å²) in [4.78, 5) is 0. The summed E-state index contributed by atoms with van der Waals surface area (Å²) in [6.45, 7) is 2.13. The van der Waals surface area contributed by atoms with Gasteiger partial charge in [0.2, 0.25) is 5.13 Å². The van der Waals surface area contributed by atoms with E-state index in [1.54, 1.807) is 0 Å². The minimum absolute atomic E-state index is 0.519. The number of hydrogen-bond acceptors (Lipinski definition) is 4. The molecule has 0 saturated carbocycles. The van der Waals surface area contributed by atoms with E-state index >= 15 is 0 Å². The third-order valence-corrected chi connectivity index (χ3v) is 2.86. The maximum absolute atomic E-state index is 5.55. The highest BCUT2D eigenvalue weighted by Gasteiger charge is 2.07. The number of hydrogen-bond donors (Lipinski definition) is 1. The predicted molar refractivity (Wildman–Crippen MR) is 59.1 cm³/mol. The molecule has 0 bridgehead atoms. The Balaban J connectivity index is 2.50. The zero-order valence-corrected chi connectivity index (χ0v) is 8.71. The van der Waals surface area contributed by atoms with Gasteiger partial charge in [-0.1, -0.05) is 42.5 Å². The van der Waals surface area contributed by atoms with E-state index in [-0.39, 0.29) is 0 Å². The van der Waals surface area contributed by atoms with E-state index in [2.05, 4.69) is 29.3 Å². The minimum Gasteiger partial charge on any atom is -0.374 e. The normalized spacial score (nSPS) is 10.4. The smallest absolute Gasteiger partial charge is 0.203 e. The molecule has 0 unspecified atom stereocenters. The Kier molecular flexibility index (Phi) is 2.45. The van der Waals surface area contributed by atoms with E-state index < -0.39 is 0 Å². The second kappa shape index (κ2) is 3.75. The Morgan fingerprint density at radius 1 is 1.29 bits per heavy atom. The Bertz CT molecular complexity index is 436. The van der Waals surface area contributed by atoms with Crippen LogP contribution in [0.15, 0.2) is 24.3 Å². The van der Waals surface area contributed by atoms with Gasteiger partial charge in [0.1, 0.15) is 5.01 Å². The van der Waals surface area contributed by atoms with Crippen molar-refractivity contribution >= 4 is 16.5 Å². The van der Waals surface area contributed by atoms with Gasteiger partial charge in [0, 0.05) is 5.56 Å². The quantitative estimate of drug-likeness (QED) is 0.818. The van der Waals surface area contributed by atoms with Crippen molar-refractivity contribution in [3.05, 3.63) is 29.8 Å². The third kappa shape index (κ3) is 1.61. The zero-order valence-electron chi connectivity index (χ0n) is 7.90. The monoisotopic (exact) mass is 205 g/mol. The highest BCUT2D eigenvalue weighted by molar-refractivity contribution is 7.18. The first-order valence-corrected chi connectivity index (χ1v) is 5.30. The van der Waals surface area contributed by atoms with Gasteiger partial charge in [-0.3, -0.25) is 0 Å². The summed E-state index contributed by atoms with van der Waals surface area (Å²) >= 11 is 1.43. The molecule has 2 N–H and O–H groups in total. The summed E-state index contributed by atoms with van der Waals surface area (Å²) in [7, 11) is 0. The molecule has 1 heterocycles. The van der Waals surface area contributed by atoms with E-state index in [0.717, 1.165) is 17.0 Å². The molecule has 0 atom stereocenters. The summed E-state index contributed by atoms with van der Waals surface area (Å²) in [5, 5.41) is 9.27. The first-order valence-electron chi connectivity index (χ1n) is 4.48. The van der Waals surface area contributed by atoms with Gasteiger partial charge in [0.15, 0.2) is 0 Å². The molecule has 0 radical (unpaired) electrons. The van der Waals surface area contributed by atoms with Crippen molar-refractivity contribution in [3.63, 3.8) is 0 Å². The van der Waals surface area contributed by atoms with Crippen LogP contribution in [0.1, 0.15) is 12.5 Å². The molecule has 1 aromatic heterocycles. The molecule has 0 amide bonds. The lowest BCUT2D eigenvalue weighted by molar-refractivity contribution is 1.09. The van der Waals surface area contributed by atoms with Gasteiger partial charge in [-0.05, 0) is 12.0 Å². The summed E-state index contributed by atoms with van der Waals surface area (Å²) in [5.74, 6) is 0. The minimum atomic E-state index is 0.519. The Morgan fingerprint density at radius 3 is 2.71 bits per heavy atom. The van der Waals surface area contributed by atoms with Crippen LogP contribution in [0.3, 0.4) is 0 Å². The number of nitrogen functional groups attached to an aromatic ring is 1. The Labute approximate surface area is 86.6 Å². The van der Waals surface area contributed by atoms with Gasteiger partial charge in [-0.25, -0.2) is 0 Å². The first kappa shape index (κ1) is 9.15. The van der Waals surface area contributed by atoms with Gasteiger partial charge < -0.3 is 5.73 Å². The van der Waals surface area contributed by atoms with Crippen molar-refractivity contribution < 1.29 is 0 Å². The number of anilines is 1. The van der Waals surface area contributed by atoms with Crippen LogP contribution in [0.5, 0.6) is 0 Å². The lowest BCUT2D eigenvalue weighted by Crippen LogP contribution is -1.86. The van der Waals surface area contributed by atoms with Crippen LogP contribution in [-0.2, 0) is 6.42 Å². The molecule has 3 nitrogen and oxygen atoms in total. The van der Waals surface area contributed by atoms with Gasteiger partial charge in [-0.2, -0.15) is 0 Å². The topological polar surface area (TPSA) is 51.8 Å². The van der Waals surface area contributed by atoms with Crippen LogP contribution < -0.4 is 5.73 Å². The van der Waals surface area contributed by atoms with Gasteiger partial charge in [-0.15, -0.1) is 10.2 Å². The third-order valence-electron chi connectivity index (χ3n) is 2.07. The fraction of sp³-hybridized carbons (Fsp3) is 0.200. The van der Waals surface area contributed by atoms with Gasteiger partial charge in [0.25, 0.3) is 0 Å². The lowest BCUT2D eigenvalue weighted by Gasteiger charge is -2.02. The van der Waals surface area contributed by atoms with E-state index in [4.69, 9.17) is 5.73 Å². The lowest BCUT2D eigenvalue weighted by atomic mass is 10.1. The van der Waals surface area contributed by atoms with Crippen LogP contribution in [0.2, 0.25) is 0 Å². The Morgan fingerprint density at radius 2 is 2.07 bits per heavy atom. The molecular weight excluding hydrogens is 194 g/mol. The van der Waals surface area contributed by atoms with Gasteiger partial charge in [0.05, 0.1) is 0 Å². The predicted octanol–water partition coefficient (Wildman–Crippen LogP) is 2.35. The Hall–Kier alpha value is -1.42. The summed E-state index contributed by atoms with van der Waals surface area (Å²) in [6.07, 6.45) is 0.996. The molecule has 0 spiro atoms. The second-order valence-electron chi connectivity index (χ2n) is 2.96. The number of nitrogens with zero attached hydrogens (tertiary/aromatic N) is 2. The maximum atomic E-state index is 5.55. The number of nitrogens with two attached hydrogens (primary N) is 1. The fourth-order valence-electron chi connectivity index (χ4n) is 1.38. The van der Waals surface area contributed by atoms with Crippen molar-refractivity contribution in [2.45, 2.75) is 13.3 Å². The van der Waals surface area contributed by atoms with Crippen molar-refractivity contribution in [3.8, 4) is 10.6 Å². The fourth-order valence-corrected chi connectivity index (χ4v) is 2.05. The highest BCUT2D eigenvalue weighted by Crippen LogP contribution is 2.27. The molecule has 0 aliphatic carbocycles. The molecule has 0 aliphatic rings. The van der Waals surface area contributed by atoms with Crippen LogP contribution in [0.25, 0.3) is 10.6 Å². The van der Waals surface area contributed by atoms with E-state index in [0.29, 0.717) is 5.13 Å². The SMILES string of the molecule is CCc1ccccc1-c1nnc(N)s1. The molecule has 2 aromatic rings. The zero-order chi connectivity index (χ0) is 9.97. The number of aryl methyl sites for hydroxylation is 1. The van der Waals surface area contributed by atoms with Crippen molar-refractivity contribution in [1.82, 2.24) is 10.2 Å². The molecule has 0 saturated heterocycles. The first-order chi connectivity index (χ1) is 6.81. The summed E-state index contributed by atoms with van der Waals surface area (Å²) in [6, 6.07) is 8.20. The number of rotatable bonds is 2. The van der Waals surface area contributed by atoms with E-state index in [1.165, 1.54) is 16.9 Å². The molecule has 2 rings (SSSR count). The number of benzene rings is 1. The molecule has 4 heteroatoms. The van der Waals surface area contributed by atoms with Crippen LogP contribution in [-0.4, -0.2) is 10.2 Å². The van der Waals surface area contributed by atoms with Crippen LogP contribution in [0, 0.1) is 0 Å². The van der Waals surface area contributed by atoms with Crippen LogP contribution >= 0.6 is 11.3 Å².